The lowest BCUT2D eigenvalue weighted by Crippen LogP contribution is -2.50. The predicted octanol–water partition coefficient (Wildman–Crippen LogP) is 2.86. The van der Waals surface area contributed by atoms with Crippen molar-refractivity contribution in [3.05, 3.63) is 24.0 Å². The molecule has 1 aromatic carbocycles. The molecule has 1 aliphatic rings. The Morgan fingerprint density at radius 3 is 2.86 bits per heavy atom. The van der Waals surface area contributed by atoms with Gasteiger partial charge in [-0.15, -0.1) is 0 Å². The van der Waals surface area contributed by atoms with Crippen LogP contribution >= 0.6 is 0 Å². The summed E-state index contributed by atoms with van der Waals surface area (Å²) in [5.74, 6) is 0.0313. The molecule has 3 N–H and O–H groups in total. The van der Waals surface area contributed by atoms with E-state index in [1.807, 2.05) is 6.92 Å². The number of likely N-dealkylation sites (tertiary alicyclic amines) is 1. The van der Waals surface area contributed by atoms with Crippen LogP contribution in [0.15, 0.2) is 18.2 Å². The third-order valence-corrected chi connectivity index (χ3v) is 4.31. The number of benzene rings is 1. The van der Waals surface area contributed by atoms with Crippen molar-refractivity contribution in [2.24, 2.45) is 5.92 Å². The standard InChI is InChI=1S/C16H24FN3O/c1-10-6-7-20(11(2)8-10)12(3)16(21)19-15-9-13(18)4-5-14(15)17/h4-5,9-12H,6-8,18H2,1-3H3,(H,19,21). The second-order valence-corrected chi connectivity index (χ2v) is 6.12. The van der Waals surface area contributed by atoms with E-state index in [9.17, 15) is 9.18 Å². The van der Waals surface area contributed by atoms with Gasteiger partial charge in [0.2, 0.25) is 5.91 Å². The Morgan fingerprint density at radius 1 is 1.48 bits per heavy atom. The van der Waals surface area contributed by atoms with Crippen LogP contribution in [0.4, 0.5) is 15.8 Å². The van der Waals surface area contributed by atoms with Crippen molar-refractivity contribution in [1.29, 1.82) is 0 Å². The summed E-state index contributed by atoms with van der Waals surface area (Å²) in [6.45, 7) is 7.14. The van der Waals surface area contributed by atoms with Crippen LogP contribution < -0.4 is 11.1 Å². The molecule has 1 aliphatic heterocycles. The van der Waals surface area contributed by atoms with Crippen molar-refractivity contribution in [3.63, 3.8) is 0 Å². The third kappa shape index (κ3) is 3.73. The maximum absolute atomic E-state index is 13.7. The Balaban J connectivity index is 2.04. The number of nitrogens with one attached hydrogen (secondary N) is 1. The highest BCUT2D eigenvalue weighted by molar-refractivity contribution is 5.95. The van der Waals surface area contributed by atoms with E-state index >= 15 is 0 Å². The fourth-order valence-corrected chi connectivity index (χ4v) is 3.03. The summed E-state index contributed by atoms with van der Waals surface area (Å²) < 4.78 is 13.7. The number of halogens is 1. The zero-order valence-electron chi connectivity index (χ0n) is 12.9. The lowest BCUT2D eigenvalue weighted by molar-refractivity contribution is -0.122. The molecule has 3 unspecified atom stereocenters. The highest BCUT2D eigenvalue weighted by Crippen LogP contribution is 2.25. The molecule has 1 amide bonds. The first-order valence-corrected chi connectivity index (χ1v) is 7.50. The quantitative estimate of drug-likeness (QED) is 0.843. The first-order chi connectivity index (χ1) is 9.88. The fourth-order valence-electron chi connectivity index (χ4n) is 3.03. The summed E-state index contributed by atoms with van der Waals surface area (Å²) in [5.41, 5.74) is 6.20. The van der Waals surface area contributed by atoms with Gasteiger partial charge in [0, 0.05) is 11.7 Å². The van der Waals surface area contributed by atoms with Crippen molar-refractivity contribution >= 4 is 17.3 Å². The van der Waals surface area contributed by atoms with E-state index in [1.165, 1.54) is 18.2 Å². The number of carbonyl (C=O) groups excluding carboxylic acids is 1. The zero-order chi connectivity index (χ0) is 15.6. The van der Waals surface area contributed by atoms with Gasteiger partial charge in [-0.1, -0.05) is 6.92 Å². The molecule has 0 saturated carbocycles. The van der Waals surface area contributed by atoms with Gasteiger partial charge >= 0.3 is 0 Å². The van der Waals surface area contributed by atoms with Crippen molar-refractivity contribution < 1.29 is 9.18 Å². The number of piperidine rings is 1. The van der Waals surface area contributed by atoms with Gasteiger partial charge in [0.05, 0.1) is 11.7 Å². The number of hydrogen-bond acceptors (Lipinski definition) is 3. The number of nitrogen functional groups attached to an aromatic ring is 1. The number of amides is 1. The number of carbonyl (C=O) groups is 1. The van der Waals surface area contributed by atoms with E-state index in [4.69, 9.17) is 5.73 Å². The molecular weight excluding hydrogens is 269 g/mol. The zero-order valence-corrected chi connectivity index (χ0v) is 12.9. The molecule has 0 bridgehead atoms. The summed E-state index contributed by atoms with van der Waals surface area (Å²) in [4.78, 5) is 14.5. The van der Waals surface area contributed by atoms with Crippen LogP contribution in [0.1, 0.15) is 33.6 Å². The van der Waals surface area contributed by atoms with E-state index in [2.05, 4.69) is 24.1 Å². The number of nitrogens with two attached hydrogens (primary N) is 1. The minimum atomic E-state index is -0.468. The van der Waals surface area contributed by atoms with Crippen LogP contribution in [0.25, 0.3) is 0 Å². The van der Waals surface area contributed by atoms with E-state index in [-0.39, 0.29) is 17.6 Å². The fraction of sp³-hybridized carbons (Fsp3) is 0.562. The Morgan fingerprint density at radius 2 is 2.19 bits per heavy atom. The molecular formula is C16H24FN3O. The molecule has 3 atom stereocenters. The topological polar surface area (TPSA) is 58.4 Å². The van der Waals surface area contributed by atoms with Gasteiger partial charge in [-0.25, -0.2) is 4.39 Å². The molecule has 5 heteroatoms. The van der Waals surface area contributed by atoms with Gasteiger partial charge in [-0.2, -0.15) is 0 Å². The molecule has 116 valence electrons. The molecule has 1 saturated heterocycles. The van der Waals surface area contributed by atoms with Gasteiger partial charge < -0.3 is 11.1 Å². The van der Waals surface area contributed by atoms with Gasteiger partial charge in [0.25, 0.3) is 0 Å². The van der Waals surface area contributed by atoms with Gasteiger partial charge in [-0.05, 0) is 57.4 Å². The largest absolute Gasteiger partial charge is 0.399 e. The average Bonchev–Trinajstić information content (AvgIpc) is 2.42. The molecule has 0 radical (unpaired) electrons. The van der Waals surface area contributed by atoms with E-state index in [0.29, 0.717) is 17.6 Å². The van der Waals surface area contributed by atoms with Gasteiger partial charge in [0.15, 0.2) is 0 Å². The first kappa shape index (κ1) is 15.8. The number of nitrogens with zero attached hydrogens (tertiary/aromatic N) is 1. The van der Waals surface area contributed by atoms with Crippen LogP contribution in [0.2, 0.25) is 0 Å². The Bertz CT molecular complexity index is 520. The molecule has 0 aliphatic carbocycles. The Hall–Kier alpha value is -1.62. The average molecular weight is 293 g/mol. The van der Waals surface area contributed by atoms with Crippen LogP contribution in [0.3, 0.4) is 0 Å². The minimum Gasteiger partial charge on any atom is -0.399 e. The predicted molar refractivity (Wildman–Crippen MR) is 83.5 cm³/mol. The normalized spacial score (nSPS) is 24.6. The molecule has 1 aromatic rings. The Kier molecular flexibility index (Phi) is 4.83. The highest BCUT2D eigenvalue weighted by Gasteiger charge is 2.30. The first-order valence-electron chi connectivity index (χ1n) is 7.50. The molecule has 1 fully saturated rings. The lowest BCUT2D eigenvalue weighted by atomic mass is 9.92. The SMILES string of the molecule is CC1CCN(C(C)C(=O)Nc2cc(N)ccc2F)C(C)C1. The molecule has 21 heavy (non-hydrogen) atoms. The van der Waals surface area contributed by atoms with E-state index < -0.39 is 5.82 Å². The van der Waals surface area contributed by atoms with Crippen LogP contribution in [0, 0.1) is 11.7 Å². The summed E-state index contributed by atoms with van der Waals surface area (Å²) in [7, 11) is 0. The molecule has 4 nitrogen and oxygen atoms in total. The molecule has 0 spiro atoms. The van der Waals surface area contributed by atoms with Crippen molar-refractivity contribution in [3.8, 4) is 0 Å². The monoisotopic (exact) mass is 293 g/mol. The molecule has 2 rings (SSSR count). The maximum Gasteiger partial charge on any atom is 0.241 e. The summed E-state index contributed by atoms with van der Waals surface area (Å²) in [6.07, 6.45) is 2.18. The third-order valence-electron chi connectivity index (χ3n) is 4.31. The second-order valence-electron chi connectivity index (χ2n) is 6.12. The highest BCUT2D eigenvalue weighted by atomic mass is 19.1. The van der Waals surface area contributed by atoms with Gasteiger partial charge in [0.1, 0.15) is 5.82 Å². The smallest absolute Gasteiger partial charge is 0.241 e. The number of rotatable bonds is 3. The van der Waals surface area contributed by atoms with E-state index in [1.54, 1.807) is 0 Å². The summed E-state index contributed by atoms with van der Waals surface area (Å²) in [5, 5.41) is 2.64. The van der Waals surface area contributed by atoms with Crippen LogP contribution in [-0.4, -0.2) is 29.4 Å². The van der Waals surface area contributed by atoms with Crippen molar-refractivity contribution in [2.45, 2.75) is 45.7 Å². The maximum atomic E-state index is 13.7. The summed E-state index contributed by atoms with van der Waals surface area (Å²) >= 11 is 0. The minimum absolute atomic E-state index is 0.143. The van der Waals surface area contributed by atoms with Crippen molar-refractivity contribution in [2.75, 3.05) is 17.6 Å². The molecule has 1 heterocycles. The van der Waals surface area contributed by atoms with Crippen LogP contribution in [0.5, 0.6) is 0 Å². The summed E-state index contributed by atoms with van der Waals surface area (Å²) in [6, 6.07) is 4.26. The second kappa shape index (κ2) is 6.43. The number of hydrogen-bond donors (Lipinski definition) is 2. The van der Waals surface area contributed by atoms with Gasteiger partial charge in [-0.3, -0.25) is 9.69 Å². The van der Waals surface area contributed by atoms with Crippen molar-refractivity contribution in [1.82, 2.24) is 4.90 Å². The Labute approximate surface area is 125 Å². The number of anilines is 2. The van der Waals surface area contributed by atoms with E-state index in [0.717, 1.165) is 19.4 Å². The molecule has 0 aromatic heterocycles. The lowest BCUT2D eigenvalue weighted by Gasteiger charge is -2.39. The van der Waals surface area contributed by atoms with Crippen LogP contribution in [-0.2, 0) is 4.79 Å².